The van der Waals surface area contributed by atoms with E-state index in [0.717, 1.165) is 0 Å². The van der Waals surface area contributed by atoms with Crippen molar-refractivity contribution in [2.24, 2.45) is 99.5 Å². The van der Waals surface area contributed by atoms with Crippen molar-refractivity contribution >= 4 is 77.1 Å². The third kappa shape index (κ3) is 32.1. The summed E-state index contributed by atoms with van der Waals surface area (Å²) >= 11 is 0. The molecule has 7 atom stereocenters. The smallest absolute Gasteiger partial charge is 0.326 e. The third-order valence-electron chi connectivity index (χ3n) is 10.5. The van der Waals surface area contributed by atoms with E-state index in [0.29, 0.717) is 19.4 Å². The Morgan fingerprint density at radius 2 is 0.608 bits per heavy atom. The van der Waals surface area contributed by atoms with Crippen molar-refractivity contribution < 1.29 is 43.5 Å². The lowest BCUT2D eigenvalue weighted by atomic mass is 10.0. The number of amides is 7. The summed E-state index contributed by atoms with van der Waals surface area (Å²) in [6.07, 6.45) is 0.642. The van der Waals surface area contributed by atoms with Gasteiger partial charge < -0.3 is 112 Å². The standard InChI is InChI=1S/C41H82N24O9/c42-16-2-1-8-22(43)30(67)60-23(9-3-17-55-37(45)46)31(68)61-25(11-5-19-57-39(49)50)33(70)64-27(14-15-29(44)66)35(72)63-24(10-4-18-56-38(47)48)32(69)62-26(12-6-20-58-40(51)52)34(71)65-28(36(73)74)13-7-21-59-41(53)54/h22-28H,1-21,42-43H2,(H2,44,66)(H,60,67)(H,61,68)(H,62,69)(H,63,72)(H,64,70)(H,65,71)(H,73,74)(H4,45,46,55)(H4,47,48,56)(H4,49,50,57)(H4,51,52,58)(H4,53,54,59)/t22-,23-,24-,25-,26-,27-,28-/m0/s1. The summed E-state index contributed by atoms with van der Waals surface area (Å²) in [7, 11) is 0. The highest BCUT2D eigenvalue weighted by Crippen LogP contribution is 2.10. The second-order valence-electron chi connectivity index (χ2n) is 16.8. The molecule has 0 aliphatic heterocycles. The van der Waals surface area contributed by atoms with Gasteiger partial charge in [0, 0.05) is 39.1 Å². The molecule has 420 valence electrons. The predicted molar refractivity (Wildman–Crippen MR) is 278 cm³/mol. The van der Waals surface area contributed by atoms with Crippen molar-refractivity contribution in [1.29, 1.82) is 0 Å². The van der Waals surface area contributed by atoms with Crippen LogP contribution in [0.25, 0.3) is 0 Å². The maximum Gasteiger partial charge on any atom is 0.326 e. The first-order chi connectivity index (χ1) is 34.9. The highest BCUT2D eigenvalue weighted by molar-refractivity contribution is 5.97. The molecule has 0 saturated carbocycles. The Balaban J connectivity index is 7.01. The fourth-order valence-electron chi connectivity index (χ4n) is 6.69. The monoisotopic (exact) mass is 1050 g/mol. The molecule has 74 heavy (non-hydrogen) atoms. The van der Waals surface area contributed by atoms with Crippen LogP contribution in [0.1, 0.15) is 96.3 Å². The molecular formula is C41H82N24O9. The Hall–Kier alpha value is -7.97. The highest BCUT2D eigenvalue weighted by atomic mass is 16.4. The number of nitrogens with zero attached hydrogens (tertiary/aromatic N) is 5. The molecule has 0 heterocycles. The minimum atomic E-state index is -1.60. The lowest BCUT2D eigenvalue weighted by Crippen LogP contribution is -2.60. The highest BCUT2D eigenvalue weighted by Gasteiger charge is 2.34. The quantitative estimate of drug-likeness (QED) is 0.0154. The van der Waals surface area contributed by atoms with E-state index in [9.17, 15) is 43.5 Å². The van der Waals surface area contributed by atoms with E-state index in [1.165, 1.54) is 0 Å². The van der Waals surface area contributed by atoms with E-state index in [2.05, 4.69) is 56.9 Å². The summed E-state index contributed by atoms with van der Waals surface area (Å²) in [6, 6.07) is -9.65. The largest absolute Gasteiger partial charge is 0.480 e. The molecule has 0 rings (SSSR count). The Bertz CT molecular complexity index is 1950. The molecule has 0 aliphatic carbocycles. The maximum absolute atomic E-state index is 14.2. The summed E-state index contributed by atoms with van der Waals surface area (Å²) in [5.41, 5.74) is 71.6. The molecule has 0 aromatic rings. The van der Waals surface area contributed by atoms with Crippen LogP contribution >= 0.6 is 0 Å². The zero-order chi connectivity index (χ0) is 56.2. The average molecular weight is 1060 g/mol. The maximum atomic E-state index is 14.2. The number of carboxylic acid groups (broad SMARTS) is 1. The van der Waals surface area contributed by atoms with Gasteiger partial charge in [-0.1, -0.05) is 6.42 Å². The zero-order valence-corrected chi connectivity index (χ0v) is 41.8. The average Bonchev–Trinajstić information content (AvgIpc) is 3.31. The van der Waals surface area contributed by atoms with Crippen molar-refractivity contribution in [3.63, 3.8) is 0 Å². The fraction of sp³-hybridized carbons (Fsp3) is 0.683. The van der Waals surface area contributed by atoms with E-state index in [1.807, 2.05) is 0 Å². The molecule has 0 radical (unpaired) electrons. The Labute approximate surface area is 429 Å². The van der Waals surface area contributed by atoms with Gasteiger partial charge in [0.2, 0.25) is 41.4 Å². The number of carboxylic acids is 1. The van der Waals surface area contributed by atoms with Gasteiger partial charge in [0.25, 0.3) is 0 Å². The van der Waals surface area contributed by atoms with Crippen LogP contribution in [0.5, 0.6) is 0 Å². The molecule has 0 saturated heterocycles. The van der Waals surface area contributed by atoms with Gasteiger partial charge in [0.15, 0.2) is 29.8 Å². The summed E-state index contributed by atoms with van der Waals surface area (Å²) in [5.74, 6) is -8.74. The van der Waals surface area contributed by atoms with Gasteiger partial charge in [-0.2, -0.15) is 0 Å². The number of hydrogen-bond donors (Lipinski definition) is 20. The van der Waals surface area contributed by atoms with E-state index < -0.39 is 102 Å². The number of unbranched alkanes of at least 4 members (excludes halogenated alkanes) is 1. The molecule has 33 nitrogen and oxygen atoms in total. The van der Waals surface area contributed by atoms with Crippen LogP contribution in [0.2, 0.25) is 0 Å². The van der Waals surface area contributed by atoms with Crippen LogP contribution in [-0.2, 0) is 38.4 Å². The van der Waals surface area contributed by atoms with Crippen LogP contribution in [0.3, 0.4) is 0 Å². The topological polar surface area (TPSA) is 629 Å². The molecule has 0 fully saturated rings. The minimum Gasteiger partial charge on any atom is -0.480 e. The zero-order valence-electron chi connectivity index (χ0n) is 41.8. The number of rotatable bonds is 40. The number of aliphatic imine (C=N–C) groups is 5. The molecule has 7 amide bonds. The number of carbonyl (C=O) groups excluding carboxylic acids is 7. The fourth-order valence-corrected chi connectivity index (χ4v) is 6.69. The second kappa shape index (κ2) is 37.8. The van der Waals surface area contributed by atoms with Crippen molar-refractivity contribution in [2.45, 2.75) is 139 Å². The van der Waals surface area contributed by atoms with Gasteiger partial charge in [0.05, 0.1) is 6.04 Å². The number of guanidine groups is 5. The van der Waals surface area contributed by atoms with Crippen LogP contribution in [0, 0.1) is 0 Å². The Morgan fingerprint density at radius 1 is 0.351 bits per heavy atom. The predicted octanol–water partition coefficient (Wildman–Crippen LogP) is -9.03. The van der Waals surface area contributed by atoms with E-state index in [-0.39, 0.29) is 133 Å². The first-order valence-corrected chi connectivity index (χ1v) is 23.9. The van der Waals surface area contributed by atoms with Crippen molar-refractivity contribution in [2.75, 3.05) is 39.3 Å². The molecule has 0 aromatic heterocycles. The number of aliphatic carboxylic acids is 1. The first kappa shape index (κ1) is 66.0. The summed E-state index contributed by atoms with van der Waals surface area (Å²) in [5, 5.41) is 25.1. The normalized spacial score (nSPS) is 13.5. The van der Waals surface area contributed by atoms with Gasteiger partial charge >= 0.3 is 5.97 Å². The van der Waals surface area contributed by atoms with Crippen molar-refractivity contribution in [3.8, 4) is 0 Å². The lowest BCUT2D eigenvalue weighted by molar-refractivity contribution is -0.142. The van der Waals surface area contributed by atoms with Gasteiger partial charge in [-0.25, -0.2) is 4.79 Å². The van der Waals surface area contributed by atoms with Crippen LogP contribution in [0.4, 0.5) is 0 Å². The van der Waals surface area contributed by atoms with Gasteiger partial charge in [-0.15, -0.1) is 0 Å². The number of carbonyl (C=O) groups is 8. The molecule has 0 aromatic carbocycles. The van der Waals surface area contributed by atoms with Crippen LogP contribution in [-0.4, -0.2) is 164 Å². The van der Waals surface area contributed by atoms with Crippen LogP contribution < -0.4 is 106 Å². The summed E-state index contributed by atoms with van der Waals surface area (Å²) < 4.78 is 0. The Morgan fingerprint density at radius 3 is 0.865 bits per heavy atom. The molecule has 33 heteroatoms. The van der Waals surface area contributed by atoms with Crippen LogP contribution in [0.15, 0.2) is 25.0 Å². The third-order valence-corrected chi connectivity index (χ3v) is 10.5. The second-order valence-corrected chi connectivity index (χ2v) is 16.8. The molecule has 33 N–H and O–H groups in total. The number of hydrogen-bond acceptors (Lipinski definition) is 15. The van der Waals surface area contributed by atoms with E-state index in [1.54, 1.807) is 0 Å². The molecule has 0 bridgehead atoms. The van der Waals surface area contributed by atoms with Gasteiger partial charge in [-0.05, 0) is 90.0 Å². The van der Waals surface area contributed by atoms with E-state index >= 15 is 0 Å². The summed E-state index contributed by atoms with van der Waals surface area (Å²) in [6.45, 7) is 0.516. The molecular weight excluding hydrogens is 973 g/mol. The summed E-state index contributed by atoms with van der Waals surface area (Å²) in [4.78, 5) is 127. The number of primary amides is 1. The molecule has 0 aliphatic rings. The lowest BCUT2D eigenvalue weighted by Gasteiger charge is -2.27. The SMILES string of the molecule is NCCCC[C@H](N)C(=O)N[C@@H](CCCN=C(N)N)C(=O)N[C@@H](CCCN=C(N)N)C(=O)N[C@@H](CCC(N)=O)C(=O)N[C@@H](CCCN=C(N)N)C(=O)N[C@@H](CCCN=C(N)N)C(=O)N[C@@H](CCCN=C(N)N)C(=O)O. The van der Waals surface area contributed by atoms with Crippen molar-refractivity contribution in [1.82, 2.24) is 31.9 Å². The number of nitrogens with two attached hydrogens (primary N) is 13. The number of nitrogens with one attached hydrogen (secondary N) is 6. The molecule has 0 spiro atoms. The molecule has 0 unspecified atom stereocenters. The first-order valence-electron chi connectivity index (χ1n) is 23.9. The Kier molecular flexibility index (Phi) is 33.7. The van der Waals surface area contributed by atoms with E-state index in [4.69, 9.17) is 74.5 Å². The minimum absolute atomic E-state index is 0.00421. The van der Waals surface area contributed by atoms with Gasteiger partial charge in [-0.3, -0.25) is 58.5 Å². The van der Waals surface area contributed by atoms with Crippen molar-refractivity contribution in [3.05, 3.63) is 0 Å². The van der Waals surface area contributed by atoms with Gasteiger partial charge in [0.1, 0.15) is 36.3 Å².